The minimum atomic E-state index is 0.644. The van der Waals surface area contributed by atoms with E-state index in [2.05, 4.69) is 20.8 Å². The van der Waals surface area contributed by atoms with E-state index in [1.54, 1.807) is 44.9 Å². The minimum Gasteiger partial charge on any atom is -0.0622 e. The van der Waals surface area contributed by atoms with Gasteiger partial charge in [0.05, 0.1) is 0 Å². The van der Waals surface area contributed by atoms with E-state index in [1.807, 2.05) is 0 Å². The molecule has 0 unspecified atom stereocenters. The molecule has 6 atom stereocenters. The topological polar surface area (TPSA) is 0 Å². The summed E-state index contributed by atoms with van der Waals surface area (Å²) in [4.78, 5) is 0. The molecule has 0 aromatic heterocycles. The average Bonchev–Trinajstić information content (AvgIpc) is 2.59. The molecule has 19 heavy (non-hydrogen) atoms. The van der Waals surface area contributed by atoms with Crippen LogP contribution in [-0.2, 0) is 0 Å². The Bertz CT molecular complexity index is 364. The maximum Gasteiger partial charge on any atom is -0.0261 e. The van der Waals surface area contributed by atoms with Gasteiger partial charge in [-0.2, -0.15) is 0 Å². The Kier molecular flexibility index (Phi) is 2.69. The molecular formula is C19H32. The lowest BCUT2D eigenvalue weighted by Gasteiger charge is -2.58. The molecule has 4 fully saturated rings. The number of rotatable bonds is 0. The molecule has 0 heterocycles. The van der Waals surface area contributed by atoms with Crippen molar-refractivity contribution in [3.63, 3.8) is 0 Å². The predicted molar refractivity (Wildman–Crippen MR) is 80.9 cm³/mol. The van der Waals surface area contributed by atoms with Gasteiger partial charge in [-0.25, -0.2) is 0 Å². The van der Waals surface area contributed by atoms with Crippen LogP contribution in [0.3, 0.4) is 0 Å². The molecule has 0 nitrogen and oxygen atoms in total. The second kappa shape index (κ2) is 4.01. The first kappa shape index (κ1) is 12.7. The van der Waals surface area contributed by atoms with Crippen LogP contribution in [0.4, 0.5) is 0 Å². The summed E-state index contributed by atoms with van der Waals surface area (Å²) in [5, 5.41) is 0. The third-order valence-electron chi connectivity index (χ3n) is 8.19. The Hall–Kier alpha value is 0. The summed E-state index contributed by atoms with van der Waals surface area (Å²) in [5.74, 6) is 5.42. The molecule has 108 valence electrons. The first-order valence-electron chi connectivity index (χ1n) is 9.02. The second-order valence-corrected chi connectivity index (χ2v) is 9.38. The molecule has 4 aliphatic rings. The monoisotopic (exact) mass is 260 g/mol. The normalized spacial score (nSPS) is 55.4. The van der Waals surface area contributed by atoms with Crippen molar-refractivity contribution in [2.75, 3.05) is 0 Å². The molecule has 4 saturated carbocycles. The minimum absolute atomic E-state index is 0.644. The van der Waals surface area contributed by atoms with Crippen molar-refractivity contribution < 1.29 is 0 Å². The summed E-state index contributed by atoms with van der Waals surface area (Å²) in [6.45, 7) is 7.70. The summed E-state index contributed by atoms with van der Waals surface area (Å²) < 4.78 is 0. The number of hydrogen-bond acceptors (Lipinski definition) is 0. The zero-order valence-corrected chi connectivity index (χ0v) is 13.3. The lowest BCUT2D eigenvalue weighted by Crippen LogP contribution is -2.49. The fraction of sp³-hybridized carbons (Fsp3) is 1.00. The fourth-order valence-electron chi connectivity index (χ4n) is 7.35. The van der Waals surface area contributed by atoms with E-state index in [1.165, 1.54) is 12.8 Å². The molecule has 4 rings (SSSR count). The van der Waals surface area contributed by atoms with Crippen LogP contribution in [0.25, 0.3) is 0 Å². The van der Waals surface area contributed by atoms with E-state index in [9.17, 15) is 0 Å². The molecular weight excluding hydrogens is 228 g/mol. The van der Waals surface area contributed by atoms with Gasteiger partial charge >= 0.3 is 0 Å². The van der Waals surface area contributed by atoms with Gasteiger partial charge < -0.3 is 0 Å². The number of fused-ring (bicyclic) bond motifs is 3. The van der Waals surface area contributed by atoms with Crippen molar-refractivity contribution in [3.05, 3.63) is 0 Å². The Balaban J connectivity index is 1.65. The molecule has 1 spiro atoms. The van der Waals surface area contributed by atoms with E-state index in [-0.39, 0.29) is 0 Å². The van der Waals surface area contributed by atoms with Crippen LogP contribution in [0, 0.1) is 40.4 Å². The quantitative estimate of drug-likeness (QED) is 0.527. The predicted octanol–water partition coefficient (Wildman–Crippen LogP) is 5.67. The van der Waals surface area contributed by atoms with Gasteiger partial charge in [-0.15, -0.1) is 0 Å². The molecule has 2 bridgehead atoms. The third kappa shape index (κ3) is 1.70. The van der Waals surface area contributed by atoms with Gasteiger partial charge in [0.15, 0.2) is 0 Å². The maximum absolute atomic E-state index is 2.57. The van der Waals surface area contributed by atoms with E-state index < -0.39 is 0 Å². The Morgan fingerprint density at radius 2 is 1.68 bits per heavy atom. The molecule has 0 aromatic carbocycles. The van der Waals surface area contributed by atoms with E-state index in [0.717, 1.165) is 35.0 Å². The van der Waals surface area contributed by atoms with Crippen molar-refractivity contribution in [2.45, 2.75) is 78.6 Å². The first-order chi connectivity index (χ1) is 9.02. The molecule has 4 aliphatic carbocycles. The van der Waals surface area contributed by atoms with Crippen molar-refractivity contribution in [1.82, 2.24) is 0 Å². The van der Waals surface area contributed by atoms with Gasteiger partial charge in [0.1, 0.15) is 0 Å². The summed E-state index contributed by atoms with van der Waals surface area (Å²) in [6.07, 6.45) is 14.1. The van der Waals surface area contributed by atoms with Gasteiger partial charge in [-0.05, 0) is 91.8 Å². The van der Waals surface area contributed by atoms with Gasteiger partial charge in [-0.3, -0.25) is 0 Å². The SMILES string of the molecule is C[C@H]1C[C@@]23CC[C@H]4[C@@H](CCCC4(C)C)[C@@H]2CC[C@@H]1C3. The van der Waals surface area contributed by atoms with Crippen LogP contribution in [0.15, 0.2) is 0 Å². The van der Waals surface area contributed by atoms with E-state index in [0.29, 0.717) is 5.41 Å². The van der Waals surface area contributed by atoms with Gasteiger partial charge in [0.25, 0.3) is 0 Å². The third-order valence-corrected chi connectivity index (χ3v) is 8.19. The van der Waals surface area contributed by atoms with Gasteiger partial charge in [0, 0.05) is 0 Å². The molecule has 0 saturated heterocycles. The van der Waals surface area contributed by atoms with Crippen LogP contribution in [0.1, 0.15) is 78.6 Å². The number of hydrogen-bond donors (Lipinski definition) is 0. The molecule has 0 aliphatic heterocycles. The molecule has 0 amide bonds. The molecule has 0 radical (unpaired) electrons. The van der Waals surface area contributed by atoms with Crippen LogP contribution < -0.4 is 0 Å². The Morgan fingerprint density at radius 1 is 0.842 bits per heavy atom. The molecule has 0 N–H and O–H groups in total. The van der Waals surface area contributed by atoms with E-state index in [4.69, 9.17) is 0 Å². The van der Waals surface area contributed by atoms with Crippen molar-refractivity contribution in [1.29, 1.82) is 0 Å². The molecule has 0 heteroatoms. The van der Waals surface area contributed by atoms with Crippen molar-refractivity contribution >= 4 is 0 Å². The zero-order chi connectivity index (χ0) is 13.3. The van der Waals surface area contributed by atoms with Crippen molar-refractivity contribution in [3.8, 4) is 0 Å². The standard InChI is InChI=1S/C19H32/c1-13-11-19-10-8-16-15(5-4-9-18(16,2)3)17(19)7-6-14(13)12-19/h13-17H,4-12H2,1-3H3/t13-,14+,15+,16-,17-,19+/m0/s1. The summed E-state index contributed by atoms with van der Waals surface area (Å²) >= 11 is 0. The summed E-state index contributed by atoms with van der Waals surface area (Å²) in [7, 11) is 0. The largest absolute Gasteiger partial charge is 0.0622 e. The highest BCUT2D eigenvalue weighted by molar-refractivity contribution is 5.08. The maximum atomic E-state index is 2.57. The Labute approximate surface area is 119 Å². The van der Waals surface area contributed by atoms with Crippen LogP contribution in [-0.4, -0.2) is 0 Å². The first-order valence-corrected chi connectivity index (χ1v) is 9.02. The molecule has 0 aromatic rings. The van der Waals surface area contributed by atoms with E-state index >= 15 is 0 Å². The van der Waals surface area contributed by atoms with Crippen molar-refractivity contribution in [2.24, 2.45) is 40.4 Å². The zero-order valence-electron chi connectivity index (χ0n) is 13.3. The van der Waals surface area contributed by atoms with Gasteiger partial charge in [-0.1, -0.05) is 27.2 Å². The highest BCUT2D eigenvalue weighted by atomic mass is 14.6. The highest BCUT2D eigenvalue weighted by Gasteiger charge is 2.58. The summed E-state index contributed by atoms with van der Waals surface area (Å²) in [6, 6.07) is 0. The lowest BCUT2D eigenvalue weighted by atomic mass is 9.47. The second-order valence-electron chi connectivity index (χ2n) is 9.38. The van der Waals surface area contributed by atoms with Crippen LogP contribution >= 0.6 is 0 Å². The summed E-state index contributed by atoms with van der Waals surface area (Å²) in [5.41, 5.74) is 1.46. The lowest BCUT2D eigenvalue weighted by molar-refractivity contribution is -0.0824. The average molecular weight is 260 g/mol. The highest BCUT2D eigenvalue weighted by Crippen LogP contribution is 2.67. The smallest absolute Gasteiger partial charge is 0.0261 e. The Morgan fingerprint density at radius 3 is 2.53 bits per heavy atom. The van der Waals surface area contributed by atoms with Gasteiger partial charge in [0.2, 0.25) is 0 Å². The van der Waals surface area contributed by atoms with Crippen LogP contribution in [0.2, 0.25) is 0 Å². The fourth-order valence-corrected chi connectivity index (χ4v) is 7.35. The van der Waals surface area contributed by atoms with Crippen LogP contribution in [0.5, 0.6) is 0 Å².